The molecule has 3 heterocycles. The van der Waals surface area contributed by atoms with Gasteiger partial charge in [-0.1, -0.05) is 11.8 Å². The predicted octanol–water partition coefficient (Wildman–Crippen LogP) is 3.71. The van der Waals surface area contributed by atoms with Crippen molar-refractivity contribution >= 4 is 57.1 Å². The maximum Gasteiger partial charge on any atom is 0.175 e. The molecule has 0 amide bonds. The first-order valence-electron chi connectivity index (χ1n) is 10.8. The van der Waals surface area contributed by atoms with Gasteiger partial charge >= 0.3 is 0 Å². The summed E-state index contributed by atoms with van der Waals surface area (Å²) >= 11 is 4.12. The van der Waals surface area contributed by atoms with Crippen molar-refractivity contribution in [2.45, 2.75) is 55.1 Å². The van der Waals surface area contributed by atoms with Crippen molar-refractivity contribution < 1.29 is 4.79 Å². The van der Waals surface area contributed by atoms with Crippen molar-refractivity contribution in [2.75, 3.05) is 25.4 Å². The lowest BCUT2D eigenvalue weighted by atomic mass is 9.92. The summed E-state index contributed by atoms with van der Waals surface area (Å²) in [4.78, 5) is 28.5. The van der Waals surface area contributed by atoms with Gasteiger partial charge in [-0.25, -0.2) is 15.0 Å². The molecule has 1 aliphatic heterocycles. The second-order valence-electron chi connectivity index (χ2n) is 8.26. The van der Waals surface area contributed by atoms with Gasteiger partial charge in [-0.15, -0.1) is 0 Å². The van der Waals surface area contributed by atoms with Crippen molar-refractivity contribution in [2.24, 2.45) is 0 Å². The largest absolute Gasteiger partial charge is 0.382 e. The highest BCUT2D eigenvalue weighted by Gasteiger charge is 2.21. The van der Waals surface area contributed by atoms with Crippen LogP contribution in [0, 0.1) is 3.57 Å². The number of Topliss-reactive ketones (excluding diaryl/α,β-unsaturated/α-hetero) is 1. The van der Waals surface area contributed by atoms with Crippen molar-refractivity contribution in [3.8, 4) is 0 Å². The molecule has 9 heteroatoms. The minimum absolute atomic E-state index is 0.340. The van der Waals surface area contributed by atoms with E-state index in [4.69, 9.17) is 10.7 Å². The van der Waals surface area contributed by atoms with E-state index in [0.717, 1.165) is 43.3 Å². The average Bonchev–Trinajstić information content (AvgIpc) is 3.33. The Bertz CT molecular complexity index is 1150. The third kappa shape index (κ3) is 4.45. The fourth-order valence-corrected chi connectivity index (χ4v) is 6.30. The minimum Gasteiger partial charge on any atom is -0.382 e. The van der Waals surface area contributed by atoms with Gasteiger partial charge in [0.1, 0.15) is 12.1 Å². The monoisotopic (exact) mass is 548 g/mol. The number of fused-ring (bicyclic) bond motifs is 2. The van der Waals surface area contributed by atoms with Crippen LogP contribution in [0.25, 0.3) is 11.2 Å². The topological polar surface area (TPSA) is 89.9 Å². The molecule has 31 heavy (non-hydrogen) atoms. The fourth-order valence-electron chi connectivity index (χ4n) is 4.46. The zero-order valence-corrected chi connectivity index (χ0v) is 20.3. The number of hydrogen-bond donors (Lipinski definition) is 1. The number of likely N-dealkylation sites (tertiary alicyclic amines) is 1. The predicted molar refractivity (Wildman–Crippen MR) is 130 cm³/mol. The first kappa shape index (κ1) is 21.1. The lowest BCUT2D eigenvalue weighted by Crippen LogP contribution is -2.23. The third-order valence-corrected chi connectivity index (χ3v) is 8.40. The van der Waals surface area contributed by atoms with Crippen molar-refractivity contribution in [3.63, 3.8) is 0 Å². The molecule has 1 fully saturated rings. The number of halogens is 1. The summed E-state index contributed by atoms with van der Waals surface area (Å²) in [6.07, 6.45) is 8.00. The summed E-state index contributed by atoms with van der Waals surface area (Å²) in [5.74, 6) is 0.753. The van der Waals surface area contributed by atoms with Gasteiger partial charge in [0.15, 0.2) is 22.1 Å². The van der Waals surface area contributed by atoms with E-state index in [-0.39, 0.29) is 0 Å². The van der Waals surface area contributed by atoms with Crippen LogP contribution < -0.4 is 5.73 Å². The standard InChI is InChI=1S/C22H25IN6OS/c23-17-10-14-4-1-2-5-15(14)11-18(17)31-22-27-19-20(24)25-13-26-21(19)29(22)8-3-7-28-9-6-16(30)12-28/h10-11,13H,1-9,12H2,(H2,24,25,26). The number of imidazole rings is 1. The van der Waals surface area contributed by atoms with Crippen LogP contribution in [0.3, 0.4) is 0 Å². The third-order valence-electron chi connectivity index (χ3n) is 6.09. The highest BCUT2D eigenvalue weighted by Crippen LogP contribution is 2.36. The molecule has 1 aromatic carbocycles. The number of benzene rings is 1. The number of nitrogens with two attached hydrogens (primary N) is 1. The Morgan fingerprint density at radius 2 is 1.90 bits per heavy atom. The van der Waals surface area contributed by atoms with E-state index in [2.05, 4.69) is 54.2 Å². The molecule has 2 aromatic heterocycles. The van der Waals surface area contributed by atoms with E-state index in [1.165, 1.54) is 45.2 Å². The minimum atomic E-state index is 0.340. The van der Waals surface area contributed by atoms with Gasteiger partial charge in [0.2, 0.25) is 0 Å². The Labute approximate surface area is 199 Å². The molecular weight excluding hydrogens is 523 g/mol. The normalized spacial score (nSPS) is 16.9. The molecule has 1 saturated heterocycles. The Morgan fingerprint density at radius 1 is 1.10 bits per heavy atom. The molecular formula is C22H25IN6OS. The average molecular weight is 548 g/mol. The van der Waals surface area contributed by atoms with Crippen LogP contribution >= 0.6 is 34.4 Å². The number of rotatable bonds is 6. The zero-order chi connectivity index (χ0) is 21.4. The summed E-state index contributed by atoms with van der Waals surface area (Å²) < 4.78 is 3.42. The molecule has 5 rings (SSSR count). The fraction of sp³-hybridized carbons (Fsp3) is 0.455. The number of ketones is 1. The smallest absolute Gasteiger partial charge is 0.175 e. The number of carbonyl (C=O) groups is 1. The van der Waals surface area contributed by atoms with Crippen LogP contribution in [-0.4, -0.2) is 49.8 Å². The van der Waals surface area contributed by atoms with Gasteiger partial charge in [0, 0.05) is 34.5 Å². The second-order valence-corrected chi connectivity index (χ2v) is 10.4. The number of hydrogen-bond acceptors (Lipinski definition) is 7. The Kier molecular flexibility index (Phi) is 6.16. The van der Waals surface area contributed by atoms with Gasteiger partial charge < -0.3 is 10.3 Å². The van der Waals surface area contributed by atoms with E-state index in [1.54, 1.807) is 11.8 Å². The van der Waals surface area contributed by atoms with E-state index in [1.807, 2.05) is 0 Å². The molecule has 2 N–H and O–H groups in total. The van der Waals surface area contributed by atoms with Gasteiger partial charge in [-0.3, -0.25) is 9.69 Å². The molecule has 1 aliphatic carbocycles. The Balaban J connectivity index is 1.43. The van der Waals surface area contributed by atoms with Crippen LogP contribution in [0.15, 0.2) is 28.5 Å². The van der Waals surface area contributed by atoms with Crippen LogP contribution in [-0.2, 0) is 24.2 Å². The maximum absolute atomic E-state index is 11.6. The summed E-state index contributed by atoms with van der Waals surface area (Å²) in [5, 5.41) is 0.897. The van der Waals surface area contributed by atoms with Crippen molar-refractivity contribution in [1.29, 1.82) is 0 Å². The van der Waals surface area contributed by atoms with Gasteiger partial charge in [0.25, 0.3) is 0 Å². The van der Waals surface area contributed by atoms with Crippen LogP contribution in [0.5, 0.6) is 0 Å². The van der Waals surface area contributed by atoms with E-state index in [0.29, 0.717) is 30.1 Å². The molecule has 0 radical (unpaired) electrons. The van der Waals surface area contributed by atoms with Crippen molar-refractivity contribution in [1.82, 2.24) is 24.4 Å². The molecule has 162 valence electrons. The first-order chi connectivity index (χ1) is 15.1. The van der Waals surface area contributed by atoms with Gasteiger partial charge in [-0.2, -0.15) is 0 Å². The SMILES string of the molecule is Nc1ncnc2c1nc(Sc1cc3c(cc1I)CCCC3)n2CCCN1CCC(=O)C1. The lowest BCUT2D eigenvalue weighted by Gasteiger charge is -2.18. The molecule has 0 atom stereocenters. The first-order valence-corrected chi connectivity index (χ1v) is 12.7. The Hall–Kier alpha value is -1.72. The molecule has 0 saturated carbocycles. The summed E-state index contributed by atoms with van der Waals surface area (Å²) in [6.45, 7) is 3.12. The van der Waals surface area contributed by atoms with Gasteiger partial charge in [0.05, 0.1) is 6.54 Å². The van der Waals surface area contributed by atoms with Crippen molar-refractivity contribution in [3.05, 3.63) is 33.2 Å². The molecule has 0 bridgehead atoms. The second kappa shape index (κ2) is 9.03. The zero-order valence-electron chi connectivity index (χ0n) is 17.3. The highest BCUT2D eigenvalue weighted by molar-refractivity contribution is 14.1. The van der Waals surface area contributed by atoms with E-state index >= 15 is 0 Å². The lowest BCUT2D eigenvalue weighted by molar-refractivity contribution is -0.116. The molecule has 0 unspecified atom stereocenters. The van der Waals surface area contributed by atoms with E-state index in [9.17, 15) is 4.79 Å². The maximum atomic E-state index is 11.6. The van der Waals surface area contributed by atoms with Crippen LogP contribution in [0.4, 0.5) is 5.82 Å². The van der Waals surface area contributed by atoms with Gasteiger partial charge in [-0.05, 0) is 78.0 Å². The number of anilines is 1. The number of aromatic nitrogens is 4. The Morgan fingerprint density at radius 3 is 2.68 bits per heavy atom. The summed E-state index contributed by atoms with van der Waals surface area (Å²) in [7, 11) is 0. The quantitative estimate of drug-likeness (QED) is 0.470. The number of carbonyl (C=O) groups excluding carboxylic acids is 1. The number of nitrogen functional groups attached to an aromatic ring is 1. The summed E-state index contributed by atoms with van der Waals surface area (Å²) in [5.41, 5.74) is 10.5. The van der Waals surface area contributed by atoms with E-state index < -0.39 is 0 Å². The molecule has 7 nitrogen and oxygen atoms in total. The van der Waals surface area contributed by atoms with Crippen LogP contribution in [0.2, 0.25) is 0 Å². The molecule has 0 spiro atoms. The molecule has 2 aliphatic rings. The molecule has 3 aromatic rings. The summed E-state index contributed by atoms with van der Waals surface area (Å²) in [6, 6.07) is 4.68. The number of nitrogens with zero attached hydrogens (tertiary/aromatic N) is 5. The highest BCUT2D eigenvalue weighted by atomic mass is 127. The van der Waals surface area contributed by atoms with Crippen LogP contribution in [0.1, 0.15) is 36.8 Å². The number of aryl methyl sites for hydroxylation is 3.